The lowest BCUT2D eigenvalue weighted by atomic mass is 9.81. The van der Waals surface area contributed by atoms with Crippen LogP contribution in [0.5, 0.6) is 0 Å². The fourth-order valence-corrected chi connectivity index (χ4v) is 4.56. The zero-order chi connectivity index (χ0) is 14.1. The molecule has 0 saturated carbocycles. The minimum absolute atomic E-state index is 0.0883. The van der Waals surface area contributed by atoms with E-state index in [1.165, 1.54) is 35.4 Å². The van der Waals surface area contributed by atoms with Crippen LogP contribution in [0.4, 0.5) is 4.39 Å². The Morgan fingerprint density at radius 1 is 1.40 bits per heavy atom. The second-order valence-corrected chi connectivity index (χ2v) is 7.26. The van der Waals surface area contributed by atoms with Gasteiger partial charge in [-0.15, -0.1) is 11.3 Å². The van der Waals surface area contributed by atoms with Crippen molar-refractivity contribution in [2.24, 2.45) is 5.73 Å². The van der Waals surface area contributed by atoms with Crippen molar-refractivity contribution in [1.82, 2.24) is 0 Å². The van der Waals surface area contributed by atoms with Crippen LogP contribution in [0.3, 0.4) is 0 Å². The molecule has 1 aliphatic rings. The zero-order valence-electron chi connectivity index (χ0n) is 11.1. The first kappa shape index (κ1) is 14.2. The van der Waals surface area contributed by atoms with Gasteiger partial charge in [0.15, 0.2) is 0 Å². The van der Waals surface area contributed by atoms with Gasteiger partial charge in [-0.1, -0.05) is 22.0 Å². The number of aryl methyl sites for hydroxylation is 1. The Kier molecular flexibility index (Phi) is 4.24. The summed E-state index contributed by atoms with van der Waals surface area (Å²) in [5.41, 5.74) is 8.97. The number of rotatable bonds is 3. The van der Waals surface area contributed by atoms with Gasteiger partial charge in [-0.05, 0) is 60.4 Å². The highest BCUT2D eigenvalue weighted by Gasteiger charge is 2.26. The fourth-order valence-electron chi connectivity index (χ4n) is 3.05. The van der Waals surface area contributed by atoms with Gasteiger partial charge in [-0.25, -0.2) is 4.39 Å². The van der Waals surface area contributed by atoms with E-state index in [1.807, 2.05) is 17.4 Å². The Balaban J connectivity index is 1.79. The summed E-state index contributed by atoms with van der Waals surface area (Å²) in [5.74, 6) is 0.217. The summed E-state index contributed by atoms with van der Waals surface area (Å²) >= 11 is 5.27. The Morgan fingerprint density at radius 3 is 3.05 bits per heavy atom. The first-order chi connectivity index (χ1) is 9.65. The van der Waals surface area contributed by atoms with E-state index in [9.17, 15) is 4.39 Å². The lowest BCUT2D eigenvalue weighted by Crippen LogP contribution is -2.32. The maximum Gasteiger partial charge on any atom is 0.124 e. The van der Waals surface area contributed by atoms with Gasteiger partial charge in [-0.2, -0.15) is 0 Å². The van der Waals surface area contributed by atoms with Gasteiger partial charge in [0.25, 0.3) is 0 Å². The molecular formula is C16H17BrFNS. The summed E-state index contributed by atoms with van der Waals surface area (Å²) in [6.07, 6.45) is 4.34. The quantitative estimate of drug-likeness (QED) is 0.854. The fraction of sp³-hybridized carbons (Fsp3) is 0.375. The summed E-state index contributed by atoms with van der Waals surface area (Å²) in [5, 5.41) is 2.17. The van der Waals surface area contributed by atoms with Crippen LogP contribution in [0, 0.1) is 5.82 Å². The number of thiophene rings is 1. The first-order valence-corrected chi connectivity index (χ1v) is 8.58. The monoisotopic (exact) mass is 353 g/mol. The van der Waals surface area contributed by atoms with Crippen LogP contribution in [-0.4, -0.2) is 6.04 Å². The molecule has 3 rings (SSSR count). The summed E-state index contributed by atoms with van der Waals surface area (Å²) < 4.78 is 13.9. The molecule has 106 valence electrons. The summed E-state index contributed by atoms with van der Waals surface area (Å²) in [7, 11) is 0. The first-order valence-electron chi connectivity index (χ1n) is 6.91. The summed E-state index contributed by atoms with van der Waals surface area (Å²) in [6.45, 7) is 0. The molecule has 0 bridgehead atoms. The molecule has 0 radical (unpaired) electrons. The predicted octanol–water partition coefficient (Wildman–Crippen LogP) is 4.64. The average molecular weight is 354 g/mol. The third kappa shape index (κ3) is 2.83. The van der Waals surface area contributed by atoms with Crippen molar-refractivity contribution in [2.75, 3.05) is 0 Å². The van der Waals surface area contributed by atoms with Gasteiger partial charge in [-0.3, -0.25) is 0 Å². The number of fused-ring (bicyclic) bond motifs is 1. The van der Waals surface area contributed by atoms with Crippen molar-refractivity contribution in [1.29, 1.82) is 0 Å². The molecule has 1 aromatic heterocycles. The van der Waals surface area contributed by atoms with Crippen molar-refractivity contribution in [3.63, 3.8) is 0 Å². The van der Waals surface area contributed by atoms with E-state index >= 15 is 0 Å². The largest absolute Gasteiger partial charge is 0.327 e. The van der Waals surface area contributed by atoms with Gasteiger partial charge in [0, 0.05) is 21.3 Å². The second kappa shape index (κ2) is 5.96. The number of halogens is 2. The van der Waals surface area contributed by atoms with Crippen molar-refractivity contribution in [2.45, 2.75) is 37.6 Å². The molecule has 4 heteroatoms. The van der Waals surface area contributed by atoms with Crippen LogP contribution in [0.1, 0.15) is 34.8 Å². The van der Waals surface area contributed by atoms with Crippen LogP contribution in [-0.2, 0) is 12.8 Å². The average Bonchev–Trinajstić information content (AvgIpc) is 2.90. The van der Waals surface area contributed by atoms with E-state index in [4.69, 9.17) is 5.73 Å². The van der Waals surface area contributed by atoms with Gasteiger partial charge >= 0.3 is 0 Å². The van der Waals surface area contributed by atoms with Crippen molar-refractivity contribution < 1.29 is 4.39 Å². The molecule has 1 aromatic carbocycles. The van der Waals surface area contributed by atoms with Crippen LogP contribution >= 0.6 is 27.3 Å². The molecule has 0 aliphatic heterocycles. The Hall–Kier alpha value is -0.710. The number of hydrogen-bond acceptors (Lipinski definition) is 2. The van der Waals surface area contributed by atoms with E-state index < -0.39 is 0 Å². The van der Waals surface area contributed by atoms with Crippen molar-refractivity contribution in [3.05, 3.63) is 55.9 Å². The molecule has 2 unspecified atom stereocenters. The van der Waals surface area contributed by atoms with Crippen LogP contribution < -0.4 is 5.73 Å². The smallest absolute Gasteiger partial charge is 0.124 e. The molecule has 2 aromatic rings. The molecule has 2 atom stereocenters. The highest BCUT2D eigenvalue weighted by Crippen LogP contribution is 2.37. The van der Waals surface area contributed by atoms with Gasteiger partial charge < -0.3 is 5.73 Å². The lowest BCUT2D eigenvalue weighted by molar-refractivity contribution is 0.463. The standard InChI is InChI=1S/C16H17BrFNS/c17-14-9-11(18)5-4-10(14)8-15(19)12-2-1-3-16-13(12)6-7-20-16/h4-7,9,12,15H,1-3,8,19H2. The maximum absolute atomic E-state index is 13.1. The van der Waals surface area contributed by atoms with E-state index in [0.29, 0.717) is 5.92 Å². The number of nitrogens with two attached hydrogens (primary N) is 1. The summed E-state index contributed by atoms with van der Waals surface area (Å²) in [6, 6.07) is 7.16. The van der Waals surface area contributed by atoms with Gasteiger partial charge in [0.2, 0.25) is 0 Å². The zero-order valence-corrected chi connectivity index (χ0v) is 13.5. The van der Waals surface area contributed by atoms with Gasteiger partial charge in [0.05, 0.1) is 0 Å². The molecule has 1 aliphatic carbocycles. The number of benzene rings is 1. The second-order valence-electron chi connectivity index (χ2n) is 5.40. The topological polar surface area (TPSA) is 26.0 Å². The minimum atomic E-state index is -0.216. The van der Waals surface area contributed by atoms with Crippen molar-refractivity contribution >= 4 is 27.3 Å². The maximum atomic E-state index is 13.1. The summed E-state index contributed by atoms with van der Waals surface area (Å²) in [4.78, 5) is 1.50. The Morgan fingerprint density at radius 2 is 2.25 bits per heavy atom. The third-order valence-electron chi connectivity index (χ3n) is 4.09. The molecule has 0 amide bonds. The van der Waals surface area contributed by atoms with Crippen LogP contribution in [0.2, 0.25) is 0 Å². The molecule has 1 heterocycles. The SMILES string of the molecule is NC(Cc1ccc(F)cc1Br)C1CCCc2sccc21. The van der Waals surface area contributed by atoms with E-state index in [0.717, 1.165) is 22.9 Å². The molecular weight excluding hydrogens is 337 g/mol. The van der Waals surface area contributed by atoms with E-state index in [1.54, 1.807) is 0 Å². The highest BCUT2D eigenvalue weighted by atomic mass is 79.9. The third-order valence-corrected chi connectivity index (χ3v) is 5.82. The molecule has 1 nitrogen and oxygen atoms in total. The van der Waals surface area contributed by atoms with E-state index in [-0.39, 0.29) is 11.9 Å². The molecule has 0 fully saturated rings. The van der Waals surface area contributed by atoms with Crippen LogP contribution in [0.15, 0.2) is 34.1 Å². The Labute approximate surface area is 131 Å². The van der Waals surface area contributed by atoms with Crippen LogP contribution in [0.25, 0.3) is 0 Å². The predicted molar refractivity (Wildman–Crippen MR) is 85.8 cm³/mol. The highest BCUT2D eigenvalue weighted by molar-refractivity contribution is 9.10. The Bertz CT molecular complexity index is 610. The number of hydrogen-bond donors (Lipinski definition) is 1. The minimum Gasteiger partial charge on any atom is -0.327 e. The molecule has 20 heavy (non-hydrogen) atoms. The molecule has 0 spiro atoms. The van der Waals surface area contributed by atoms with E-state index in [2.05, 4.69) is 27.4 Å². The molecule has 0 saturated heterocycles. The van der Waals surface area contributed by atoms with Gasteiger partial charge in [0.1, 0.15) is 5.82 Å². The lowest BCUT2D eigenvalue weighted by Gasteiger charge is -2.28. The molecule has 2 N–H and O–H groups in total. The van der Waals surface area contributed by atoms with Crippen molar-refractivity contribution in [3.8, 4) is 0 Å². The normalized spacial score (nSPS) is 19.6.